The third kappa shape index (κ3) is 2.36. The summed E-state index contributed by atoms with van der Waals surface area (Å²) in [6.45, 7) is 0. The lowest BCUT2D eigenvalue weighted by Gasteiger charge is -1.95. The van der Waals surface area contributed by atoms with Crippen LogP contribution in [-0.4, -0.2) is 21.2 Å². The Morgan fingerprint density at radius 2 is 1.83 bits per heavy atom. The van der Waals surface area contributed by atoms with Crippen LogP contribution in [0.25, 0.3) is 34.0 Å². The molecular formula is C17H10N2O4. The first kappa shape index (κ1) is 13.3. The molecule has 6 heteroatoms. The summed E-state index contributed by atoms with van der Waals surface area (Å²) >= 11 is 0. The second-order valence-corrected chi connectivity index (χ2v) is 4.95. The molecule has 0 unspecified atom stereocenters. The number of rotatable bonds is 3. The molecule has 112 valence electrons. The molecule has 4 aromatic rings. The highest BCUT2D eigenvalue weighted by Gasteiger charge is 2.15. The number of aromatic carboxylic acids is 1. The number of para-hydroxylation sites is 1. The molecule has 0 bridgehead atoms. The zero-order chi connectivity index (χ0) is 15.8. The predicted octanol–water partition coefficient (Wildman–Crippen LogP) is 3.85. The average molecular weight is 306 g/mol. The van der Waals surface area contributed by atoms with Gasteiger partial charge in [-0.25, -0.2) is 4.79 Å². The van der Waals surface area contributed by atoms with Crippen molar-refractivity contribution in [1.82, 2.24) is 10.1 Å². The lowest BCUT2D eigenvalue weighted by molar-refractivity contribution is 0.0697. The van der Waals surface area contributed by atoms with Crippen LogP contribution in [0.3, 0.4) is 0 Å². The highest BCUT2D eigenvalue weighted by molar-refractivity contribution is 5.88. The maximum absolute atomic E-state index is 10.9. The first-order chi connectivity index (χ1) is 11.2. The van der Waals surface area contributed by atoms with E-state index in [2.05, 4.69) is 10.1 Å². The topological polar surface area (TPSA) is 89.4 Å². The van der Waals surface area contributed by atoms with Crippen LogP contribution < -0.4 is 0 Å². The Hall–Kier alpha value is -3.41. The minimum Gasteiger partial charge on any atom is -0.478 e. The van der Waals surface area contributed by atoms with Crippen molar-refractivity contribution in [3.05, 3.63) is 60.2 Å². The summed E-state index contributed by atoms with van der Waals surface area (Å²) in [7, 11) is 0. The molecular weight excluding hydrogens is 296 g/mol. The third-order valence-electron chi connectivity index (χ3n) is 3.45. The maximum atomic E-state index is 10.9. The van der Waals surface area contributed by atoms with Gasteiger partial charge in [0.1, 0.15) is 5.58 Å². The van der Waals surface area contributed by atoms with Crippen molar-refractivity contribution in [1.29, 1.82) is 0 Å². The summed E-state index contributed by atoms with van der Waals surface area (Å²) in [6, 6.07) is 15.7. The zero-order valence-electron chi connectivity index (χ0n) is 11.8. The minimum atomic E-state index is -0.979. The molecule has 23 heavy (non-hydrogen) atoms. The Morgan fingerprint density at radius 3 is 2.57 bits per heavy atom. The average Bonchev–Trinajstić information content (AvgIpc) is 3.21. The molecule has 0 atom stereocenters. The van der Waals surface area contributed by atoms with E-state index in [1.54, 1.807) is 12.1 Å². The summed E-state index contributed by atoms with van der Waals surface area (Å²) in [4.78, 5) is 15.2. The monoisotopic (exact) mass is 306 g/mol. The minimum absolute atomic E-state index is 0.203. The molecule has 0 aliphatic heterocycles. The van der Waals surface area contributed by atoms with Crippen molar-refractivity contribution in [2.24, 2.45) is 0 Å². The smallest absolute Gasteiger partial charge is 0.335 e. The number of carbonyl (C=O) groups is 1. The SMILES string of the molecule is O=C(O)c1ccc(-c2noc(-c3cc4ccccc4o3)n2)cc1. The molecule has 0 saturated heterocycles. The molecule has 0 saturated carbocycles. The summed E-state index contributed by atoms with van der Waals surface area (Å²) in [5.41, 5.74) is 1.61. The van der Waals surface area contributed by atoms with Crippen LogP contribution in [-0.2, 0) is 0 Å². The summed E-state index contributed by atoms with van der Waals surface area (Å²) in [5.74, 6) is 0.163. The zero-order valence-corrected chi connectivity index (χ0v) is 11.8. The lowest BCUT2D eigenvalue weighted by Crippen LogP contribution is -1.95. The fourth-order valence-corrected chi connectivity index (χ4v) is 2.29. The standard InChI is InChI=1S/C17H10N2O4/c20-17(21)11-7-5-10(6-8-11)15-18-16(23-19-15)14-9-12-3-1-2-4-13(12)22-14/h1-9H,(H,20,21). The Bertz CT molecular complexity index is 966. The van der Waals surface area contributed by atoms with E-state index in [1.807, 2.05) is 30.3 Å². The predicted molar refractivity (Wildman–Crippen MR) is 81.9 cm³/mol. The van der Waals surface area contributed by atoms with Gasteiger partial charge in [-0.3, -0.25) is 0 Å². The number of fused-ring (bicyclic) bond motifs is 1. The fourth-order valence-electron chi connectivity index (χ4n) is 2.29. The molecule has 0 amide bonds. The van der Waals surface area contributed by atoms with Crippen molar-refractivity contribution in [2.45, 2.75) is 0 Å². The van der Waals surface area contributed by atoms with Crippen molar-refractivity contribution in [3.63, 3.8) is 0 Å². The van der Waals surface area contributed by atoms with Crippen LogP contribution in [0.15, 0.2) is 63.5 Å². The van der Waals surface area contributed by atoms with Gasteiger partial charge in [0.25, 0.3) is 5.89 Å². The van der Waals surface area contributed by atoms with Gasteiger partial charge in [0.2, 0.25) is 5.82 Å². The Kier molecular flexibility index (Phi) is 2.94. The van der Waals surface area contributed by atoms with Crippen molar-refractivity contribution < 1.29 is 18.8 Å². The first-order valence-corrected chi connectivity index (χ1v) is 6.87. The van der Waals surface area contributed by atoms with Crippen molar-refractivity contribution in [3.8, 4) is 23.0 Å². The van der Waals surface area contributed by atoms with Gasteiger partial charge in [0.05, 0.1) is 5.56 Å². The molecule has 4 rings (SSSR count). The molecule has 0 aliphatic rings. The number of furan rings is 1. The number of benzene rings is 2. The molecule has 0 radical (unpaired) electrons. The number of hydrogen-bond donors (Lipinski definition) is 1. The van der Waals surface area contributed by atoms with Crippen LogP contribution in [0.1, 0.15) is 10.4 Å². The van der Waals surface area contributed by atoms with Crippen molar-refractivity contribution >= 4 is 16.9 Å². The van der Waals surface area contributed by atoms with Gasteiger partial charge in [0, 0.05) is 10.9 Å². The van der Waals surface area contributed by atoms with Crippen LogP contribution >= 0.6 is 0 Å². The van der Waals surface area contributed by atoms with Gasteiger partial charge in [-0.1, -0.05) is 35.5 Å². The van der Waals surface area contributed by atoms with E-state index in [-0.39, 0.29) is 11.5 Å². The van der Waals surface area contributed by atoms with E-state index in [0.29, 0.717) is 17.1 Å². The highest BCUT2D eigenvalue weighted by Crippen LogP contribution is 2.28. The van der Waals surface area contributed by atoms with Gasteiger partial charge < -0.3 is 14.0 Å². The lowest BCUT2D eigenvalue weighted by atomic mass is 10.1. The van der Waals surface area contributed by atoms with E-state index in [0.717, 1.165) is 11.0 Å². The fraction of sp³-hybridized carbons (Fsp3) is 0. The third-order valence-corrected chi connectivity index (χ3v) is 3.45. The van der Waals surface area contributed by atoms with E-state index in [1.165, 1.54) is 12.1 Å². The molecule has 0 aliphatic carbocycles. The second-order valence-electron chi connectivity index (χ2n) is 4.95. The van der Waals surface area contributed by atoms with Crippen LogP contribution in [0.4, 0.5) is 0 Å². The molecule has 2 aromatic carbocycles. The molecule has 1 N–H and O–H groups in total. The van der Waals surface area contributed by atoms with Crippen LogP contribution in [0.5, 0.6) is 0 Å². The van der Waals surface area contributed by atoms with E-state index >= 15 is 0 Å². The Morgan fingerprint density at radius 1 is 1.04 bits per heavy atom. The molecule has 2 aromatic heterocycles. The van der Waals surface area contributed by atoms with E-state index < -0.39 is 5.97 Å². The molecule has 0 spiro atoms. The number of carboxylic acid groups (broad SMARTS) is 1. The van der Waals surface area contributed by atoms with Crippen molar-refractivity contribution in [2.75, 3.05) is 0 Å². The maximum Gasteiger partial charge on any atom is 0.335 e. The van der Waals surface area contributed by atoms with Crippen LogP contribution in [0, 0.1) is 0 Å². The molecule has 2 heterocycles. The summed E-state index contributed by atoms with van der Waals surface area (Å²) in [5, 5.41) is 13.8. The van der Waals surface area contributed by atoms with E-state index in [9.17, 15) is 4.79 Å². The Balaban J connectivity index is 1.69. The second kappa shape index (κ2) is 5.10. The van der Waals surface area contributed by atoms with Crippen LogP contribution in [0.2, 0.25) is 0 Å². The highest BCUT2D eigenvalue weighted by atomic mass is 16.5. The first-order valence-electron chi connectivity index (χ1n) is 6.87. The number of carboxylic acids is 1. The number of hydrogen-bond acceptors (Lipinski definition) is 5. The van der Waals surface area contributed by atoms with E-state index in [4.69, 9.17) is 14.0 Å². The number of nitrogens with zero attached hydrogens (tertiary/aromatic N) is 2. The van der Waals surface area contributed by atoms with Gasteiger partial charge >= 0.3 is 5.97 Å². The van der Waals surface area contributed by atoms with Gasteiger partial charge in [0.15, 0.2) is 5.76 Å². The number of aromatic nitrogens is 2. The summed E-state index contributed by atoms with van der Waals surface area (Å²) < 4.78 is 10.9. The molecule has 6 nitrogen and oxygen atoms in total. The quantitative estimate of drug-likeness (QED) is 0.618. The van der Waals surface area contributed by atoms with Gasteiger partial charge in [-0.15, -0.1) is 0 Å². The normalized spacial score (nSPS) is 11.0. The Labute approximate surface area is 130 Å². The molecule has 0 fully saturated rings. The largest absolute Gasteiger partial charge is 0.478 e. The summed E-state index contributed by atoms with van der Waals surface area (Å²) in [6.07, 6.45) is 0. The van der Waals surface area contributed by atoms with Gasteiger partial charge in [-0.05, 0) is 24.3 Å². The van der Waals surface area contributed by atoms with Gasteiger partial charge in [-0.2, -0.15) is 4.98 Å².